The van der Waals surface area contributed by atoms with Gasteiger partial charge in [-0.25, -0.2) is 4.79 Å². The molecule has 7 heteroatoms. The van der Waals surface area contributed by atoms with Gasteiger partial charge >= 0.3 is 5.97 Å². The van der Waals surface area contributed by atoms with E-state index >= 15 is 0 Å². The summed E-state index contributed by atoms with van der Waals surface area (Å²) < 4.78 is 15.6. The van der Waals surface area contributed by atoms with Crippen molar-refractivity contribution in [1.82, 2.24) is 0 Å². The van der Waals surface area contributed by atoms with Crippen LogP contribution in [0.25, 0.3) is 0 Å². The van der Waals surface area contributed by atoms with E-state index in [0.29, 0.717) is 17.2 Å². The van der Waals surface area contributed by atoms with Crippen LogP contribution < -0.4 is 14.2 Å². The van der Waals surface area contributed by atoms with Crippen molar-refractivity contribution in [2.45, 2.75) is 0 Å². The van der Waals surface area contributed by atoms with Gasteiger partial charge in [0.1, 0.15) is 0 Å². The number of carboxylic acid groups (broad SMARTS) is 1. The molecule has 1 N–H and O–H groups in total. The third-order valence-corrected chi connectivity index (χ3v) is 3.94. The maximum atomic E-state index is 12.6. The highest BCUT2D eigenvalue weighted by molar-refractivity contribution is 7.12. The average Bonchev–Trinajstić information content (AvgIpc) is 3.02. The van der Waals surface area contributed by atoms with Crippen molar-refractivity contribution >= 4 is 23.1 Å². The van der Waals surface area contributed by atoms with Crippen molar-refractivity contribution in [3.63, 3.8) is 0 Å². The normalized spacial score (nSPS) is 10.1. The molecule has 1 heterocycles. The fraction of sp³-hybridized carbons (Fsp3) is 0.200. The number of aromatic carboxylic acids is 1. The summed E-state index contributed by atoms with van der Waals surface area (Å²) in [7, 11) is 4.35. The molecule has 0 radical (unpaired) electrons. The molecule has 1 aromatic carbocycles. The van der Waals surface area contributed by atoms with Crippen LogP contribution in [0.5, 0.6) is 17.2 Å². The average molecular weight is 322 g/mol. The van der Waals surface area contributed by atoms with Crippen LogP contribution >= 0.6 is 11.3 Å². The van der Waals surface area contributed by atoms with Crippen molar-refractivity contribution in [2.24, 2.45) is 0 Å². The first-order valence-electron chi connectivity index (χ1n) is 6.19. The number of carboxylic acids is 1. The summed E-state index contributed by atoms with van der Waals surface area (Å²) >= 11 is 1.07. The Morgan fingerprint density at radius 1 is 1.05 bits per heavy atom. The second-order valence-corrected chi connectivity index (χ2v) is 5.13. The molecule has 2 aromatic rings. The zero-order chi connectivity index (χ0) is 16.3. The van der Waals surface area contributed by atoms with E-state index < -0.39 is 11.8 Å². The fourth-order valence-electron chi connectivity index (χ4n) is 2.00. The number of benzene rings is 1. The van der Waals surface area contributed by atoms with E-state index in [-0.39, 0.29) is 16.0 Å². The quantitative estimate of drug-likeness (QED) is 0.824. The summed E-state index contributed by atoms with van der Waals surface area (Å²) in [5, 5.41) is 10.7. The lowest BCUT2D eigenvalue weighted by atomic mass is 10.1. The molecule has 0 aliphatic rings. The summed E-state index contributed by atoms with van der Waals surface area (Å²) in [4.78, 5) is 23.9. The van der Waals surface area contributed by atoms with Crippen molar-refractivity contribution in [3.05, 3.63) is 39.6 Å². The molecule has 1 aromatic heterocycles. The lowest BCUT2D eigenvalue weighted by molar-refractivity contribution is 0.0693. The molecule has 0 unspecified atom stereocenters. The molecule has 0 saturated carbocycles. The van der Waals surface area contributed by atoms with Crippen LogP contribution in [0, 0.1) is 0 Å². The molecule has 116 valence electrons. The number of carbonyl (C=O) groups excluding carboxylic acids is 1. The first-order valence-corrected chi connectivity index (χ1v) is 7.07. The van der Waals surface area contributed by atoms with Gasteiger partial charge in [0.15, 0.2) is 11.5 Å². The molecular formula is C15H14O6S. The van der Waals surface area contributed by atoms with Gasteiger partial charge in [0.25, 0.3) is 0 Å². The zero-order valence-corrected chi connectivity index (χ0v) is 13.0. The Bertz CT molecular complexity index is 694. The predicted octanol–water partition coefficient (Wildman–Crippen LogP) is 2.70. The molecule has 0 bridgehead atoms. The third kappa shape index (κ3) is 2.75. The molecule has 0 aliphatic carbocycles. The van der Waals surface area contributed by atoms with Crippen LogP contribution in [0.1, 0.15) is 25.6 Å². The van der Waals surface area contributed by atoms with Gasteiger partial charge in [0, 0.05) is 5.56 Å². The number of ether oxygens (including phenoxy) is 3. The minimum absolute atomic E-state index is 0.0243. The maximum Gasteiger partial charge on any atom is 0.337 e. The molecule has 0 fully saturated rings. The molecule has 2 rings (SSSR count). The minimum Gasteiger partial charge on any atom is -0.493 e. The molecule has 0 atom stereocenters. The first-order chi connectivity index (χ1) is 10.5. The standard InChI is InChI=1S/C15H14O6S/c1-19-10-6-8(7-11(20-2)13(10)21-3)12(16)14-9(15(17)18)4-5-22-14/h4-7H,1-3H3,(H,17,18). The van der Waals surface area contributed by atoms with Gasteiger partial charge < -0.3 is 19.3 Å². The van der Waals surface area contributed by atoms with Gasteiger partial charge in [0.05, 0.1) is 31.8 Å². The van der Waals surface area contributed by atoms with Gasteiger partial charge in [0.2, 0.25) is 11.5 Å². The summed E-state index contributed by atoms with van der Waals surface area (Å²) in [6.07, 6.45) is 0. The molecule has 0 aliphatic heterocycles. The Hall–Kier alpha value is -2.54. The van der Waals surface area contributed by atoms with Crippen LogP contribution in [0.4, 0.5) is 0 Å². The predicted molar refractivity (Wildman–Crippen MR) is 80.8 cm³/mol. The summed E-state index contributed by atoms with van der Waals surface area (Å²) in [6, 6.07) is 4.39. The van der Waals surface area contributed by atoms with E-state index in [1.165, 1.54) is 39.5 Å². The van der Waals surface area contributed by atoms with Gasteiger partial charge in [-0.2, -0.15) is 0 Å². The van der Waals surface area contributed by atoms with Crippen LogP contribution in [-0.4, -0.2) is 38.2 Å². The highest BCUT2D eigenvalue weighted by atomic mass is 32.1. The Labute approximate surface area is 130 Å². The summed E-state index contributed by atoms with van der Waals surface area (Å²) in [5.41, 5.74) is 0.239. The Morgan fingerprint density at radius 3 is 2.09 bits per heavy atom. The summed E-state index contributed by atoms with van der Waals surface area (Å²) in [5.74, 6) is -0.521. The Kier molecular flexibility index (Phi) is 4.67. The largest absolute Gasteiger partial charge is 0.493 e. The van der Waals surface area contributed by atoms with Crippen LogP contribution in [0.2, 0.25) is 0 Å². The van der Waals surface area contributed by atoms with Crippen LogP contribution in [0.3, 0.4) is 0 Å². The van der Waals surface area contributed by atoms with Crippen LogP contribution in [0.15, 0.2) is 23.6 Å². The Morgan fingerprint density at radius 2 is 1.64 bits per heavy atom. The van der Waals surface area contributed by atoms with E-state index in [9.17, 15) is 9.59 Å². The second kappa shape index (κ2) is 6.48. The molecule has 22 heavy (non-hydrogen) atoms. The monoisotopic (exact) mass is 322 g/mol. The van der Waals surface area contributed by atoms with Crippen molar-refractivity contribution in [1.29, 1.82) is 0 Å². The zero-order valence-electron chi connectivity index (χ0n) is 12.2. The van der Waals surface area contributed by atoms with Gasteiger partial charge in [-0.1, -0.05) is 0 Å². The number of hydrogen-bond acceptors (Lipinski definition) is 6. The van der Waals surface area contributed by atoms with Crippen LogP contribution in [-0.2, 0) is 0 Å². The highest BCUT2D eigenvalue weighted by Crippen LogP contribution is 2.39. The number of carbonyl (C=O) groups is 2. The van der Waals surface area contributed by atoms with Gasteiger partial charge in [-0.05, 0) is 23.6 Å². The minimum atomic E-state index is -1.14. The number of methoxy groups -OCH3 is 3. The van der Waals surface area contributed by atoms with E-state index in [1.807, 2.05) is 0 Å². The lowest BCUT2D eigenvalue weighted by Crippen LogP contribution is -2.07. The fourth-order valence-corrected chi connectivity index (χ4v) is 2.84. The van der Waals surface area contributed by atoms with Crippen molar-refractivity contribution < 1.29 is 28.9 Å². The topological polar surface area (TPSA) is 82.1 Å². The number of rotatable bonds is 6. The van der Waals surface area contributed by atoms with E-state index in [4.69, 9.17) is 19.3 Å². The molecule has 0 spiro atoms. The molecule has 6 nitrogen and oxygen atoms in total. The van der Waals surface area contributed by atoms with Crippen molar-refractivity contribution in [2.75, 3.05) is 21.3 Å². The molecule has 0 amide bonds. The van der Waals surface area contributed by atoms with E-state index in [1.54, 1.807) is 5.38 Å². The lowest BCUT2D eigenvalue weighted by Gasteiger charge is -2.13. The summed E-state index contributed by atoms with van der Waals surface area (Å²) in [6.45, 7) is 0. The third-order valence-electron chi connectivity index (χ3n) is 3.03. The number of thiophene rings is 1. The Balaban J connectivity index is 2.54. The maximum absolute atomic E-state index is 12.6. The highest BCUT2D eigenvalue weighted by Gasteiger charge is 2.23. The number of ketones is 1. The van der Waals surface area contributed by atoms with Crippen molar-refractivity contribution in [3.8, 4) is 17.2 Å². The van der Waals surface area contributed by atoms with E-state index in [0.717, 1.165) is 11.3 Å². The van der Waals surface area contributed by atoms with Gasteiger partial charge in [-0.15, -0.1) is 11.3 Å². The first kappa shape index (κ1) is 15.8. The number of hydrogen-bond donors (Lipinski definition) is 1. The molecule has 0 saturated heterocycles. The second-order valence-electron chi connectivity index (χ2n) is 4.21. The molecular weight excluding hydrogens is 308 g/mol. The van der Waals surface area contributed by atoms with E-state index in [2.05, 4.69) is 0 Å². The SMILES string of the molecule is COc1cc(C(=O)c2sccc2C(=O)O)cc(OC)c1OC. The van der Waals surface area contributed by atoms with Gasteiger partial charge in [-0.3, -0.25) is 4.79 Å². The smallest absolute Gasteiger partial charge is 0.337 e.